The van der Waals surface area contributed by atoms with Crippen LogP contribution in [-0.2, 0) is 0 Å². The van der Waals surface area contributed by atoms with Crippen LogP contribution in [0.2, 0.25) is 0 Å². The maximum atomic E-state index is 6.01. The molecule has 0 aliphatic carbocycles. The largest absolute Gasteiger partial charge is 0.488 e. The van der Waals surface area contributed by atoms with Crippen molar-refractivity contribution in [3.05, 3.63) is 30.6 Å². The maximum absolute atomic E-state index is 6.01. The highest BCUT2D eigenvalue weighted by Crippen LogP contribution is 2.30. The molecule has 1 atom stereocenters. The Morgan fingerprint density at radius 2 is 2.04 bits per heavy atom. The van der Waals surface area contributed by atoms with Gasteiger partial charge in [0.05, 0.1) is 11.2 Å². The van der Waals surface area contributed by atoms with Crippen LogP contribution in [0.15, 0.2) is 30.6 Å². The lowest BCUT2D eigenvalue weighted by Crippen LogP contribution is -2.49. The number of hydrogen-bond donors (Lipinski definition) is 2. The number of hydrogen-bond acceptors (Lipinski definition) is 6. The van der Waals surface area contributed by atoms with E-state index in [1.165, 1.54) is 0 Å². The van der Waals surface area contributed by atoms with Crippen molar-refractivity contribution in [1.29, 1.82) is 0 Å². The molecule has 0 amide bonds. The Kier molecular flexibility index (Phi) is 4.47. The lowest BCUT2D eigenvalue weighted by molar-refractivity contribution is 0.131. The first-order valence-electron chi connectivity index (χ1n) is 9.37. The van der Waals surface area contributed by atoms with Crippen molar-refractivity contribution in [1.82, 2.24) is 25.5 Å². The Morgan fingerprint density at radius 1 is 1.19 bits per heavy atom. The summed E-state index contributed by atoms with van der Waals surface area (Å²) < 4.78 is 6.01. The maximum Gasteiger partial charge on any atom is 0.132 e. The third kappa shape index (κ3) is 3.88. The fourth-order valence-electron chi connectivity index (χ4n) is 3.40. The molecule has 1 aromatic carbocycles. The molecule has 0 spiro atoms. The molecule has 2 N–H and O–H groups in total. The molecule has 1 fully saturated rings. The Hall–Kier alpha value is -2.67. The SMILES string of the molecule is CC1CN(c2cc(-c3n[nH]c4ccc(OC(C)(C)C)cc34)ncn2)CCN1. The van der Waals surface area contributed by atoms with Gasteiger partial charge in [-0.2, -0.15) is 5.10 Å². The summed E-state index contributed by atoms with van der Waals surface area (Å²) in [6.07, 6.45) is 1.62. The molecule has 1 aliphatic heterocycles. The minimum Gasteiger partial charge on any atom is -0.488 e. The van der Waals surface area contributed by atoms with E-state index in [1.54, 1.807) is 6.33 Å². The number of anilines is 1. The van der Waals surface area contributed by atoms with Crippen molar-refractivity contribution in [3.63, 3.8) is 0 Å². The van der Waals surface area contributed by atoms with Crippen molar-refractivity contribution in [2.75, 3.05) is 24.5 Å². The predicted molar refractivity (Wildman–Crippen MR) is 107 cm³/mol. The molecule has 27 heavy (non-hydrogen) atoms. The number of nitrogens with zero attached hydrogens (tertiary/aromatic N) is 4. The zero-order valence-electron chi connectivity index (χ0n) is 16.3. The summed E-state index contributed by atoms with van der Waals surface area (Å²) in [7, 11) is 0. The van der Waals surface area contributed by atoms with Crippen LogP contribution in [0, 0.1) is 0 Å². The van der Waals surface area contributed by atoms with Gasteiger partial charge >= 0.3 is 0 Å². The molecule has 0 saturated carbocycles. The molecule has 1 saturated heterocycles. The highest BCUT2D eigenvalue weighted by molar-refractivity contribution is 5.93. The molecule has 7 nitrogen and oxygen atoms in total. The van der Waals surface area contributed by atoms with Gasteiger partial charge in [-0.3, -0.25) is 5.10 Å². The van der Waals surface area contributed by atoms with Crippen LogP contribution in [0.4, 0.5) is 5.82 Å². The molecule has 3 heterocycles. The van der Waals surface area contributed by atoms with Crippen molar-refractivity contribution in [3.8, 4) is 17.1 Å². The van der Waals surface area contributed by atoms with E-state index >= 15 is 0 Å². The predicted octanol–water partition coefficient (Wildman–Crippen LogP) is 3.00. The number of aromatic nitrogens is 4. The number of ether oxygens (including phenoxy) is 1. The molecule has 2 aromatic heterocycles. The Bertz CT molecular complexity index is 945. The summed E-state index contributed by atoms with van der Waals surface area (Å²) in [4.78, 5) is 11.2. The molecular weight excluding hydrogens is 340 g/mol. The first-order valence-corrected chi connectivity index (χ1v) is 9.37. The number of fused-ring (bicyclic) bond motifs is 1. The van der Waals surface area contributed by atoms with Gasteiger partial charge < -0.3 is 15.0 Å². The van der Waals surface area contributed by atoms with Crippen LogP contribution < -0.4 is 15.0 Å². The fourth-order valence-corrected chi connectivity index (χ4v) is 3.40. The summed E-state index contributed by atoms with van der Waals surface area (Å²) in [5.74, 6) is 1.76. The van der Waals surface area contributed by atoms with Crippen molar-refractivity contribution in [2.45, 2.75) is 39.3 Å². The van der Waals surface area contributed by atoms with Gasteiger partial charge in [-0.1, -0.05) is 0 Å². The third-order valence-corrected chi connectivity index (χ3v) is 4.55. The number of H-pyrrole nitrogens is 1. The average molecular weight is 366 g/mol. The first kappa shape index (κ1) is 17.7. The van der Waals surface area contributed by atoms with Gasteiger partial charge in [-0.05, 0) is 45.9 Å². The number of benzene rings is 1. The summed E-state index contributed by atoms with van der Waals surface area (Å²) in [5, 5.41) is 12.0. The van der Waals surface area contributed by atoms with Gasteiger partial charge in [0.15, 0.2) is 0 Å². The Balaban J connectivity index is 1.69. The summed E-state index contributed by atoms with van der Waals surface area (Å²) in [6, 6.07) is 8.44. The summed E-state index contributed by atoms with van der Waals surface area (Å²) >= 11 is 0. The van der Waals surface area contributed by atoms with Crippen LogP contribution in [0.25, 0.3) is 22.3 Å². The quantitative estimate of drug-likeness (QED) is 0.742. The van der Waals surface area contributed by atoms with Gasteiger partial charge in [0, 0.05) is 37.1 Å². The van der Waals surface area contributed by atoms with E-state index in [4.69, 9.17) is 4.74 Å². The first-order chi connectivity index (χ1) is 12.9. The zero-order chi connectivity index (χ0) is 19.0. The minimum absolute atomic E-state index is 0.251. The van der Waals surface area contributed by atoms with Crippen LogP contribution in [-0.4, -0.2) is 51.4 Å². The Morgan fingerprint density at radius 3 is 2.81 bits per heavy atom. The second-order valence-electron chi connectivity index (χ2n) is 8.06. The van der Waals surface area contributed by atoms with Gasteiger partial charge in [0.2, 0.25) is 0 Å². The molecule has 0 bridgehead atoms. The highest BCUT2D eigenvalue weighted by Gasteiger charge is 2.19. The topological polar surface area (TPSA) is 79.0 Å². The smallest absolute Gasteiger partial charge is 0.132 e. The zero-order valence-corrected chi connectivity index (χ0v) is 16.3. The third-order valence-electron chi connectivity index (χ3n) is 4.55. The lowest BCUT2D eigenvalue weighted by atomic mass is 10.1. The highest BCUT2D eigenvalue weighted by atomic mass is 16.5. The average Bonchev–Trinajstić information content (AvgIpc) is 3.04. The summed E-state index contributed by atoms with van der Waals surface area (Å²) in [6.45, 7) is 11.1. The molecule has 142 valence electrons. The number of nitrogens with one attached hydrogen (secondary N) is 2. The standard InChI is InChI=1S/C20H26N6O/c1-13-11-26(8-7-21-13)18-10-17(22-12-23-18)19-15-9-14(27-20(2,3)4)5-6-16(15)24-25-19/h5-6,9-10,12-13,21H,7-8,11H2,1-4H3,(H,24,25). The van der Waals surface area contributed by atoms with Crippen LogP contribution in [0.1, 0.15) is 27.7 Å². The molecular formula is C20H26N6O. The molecule has 4 rings (SSSR count). The molecule has 0 radical (unpaired) electrons. The Labute approximate surface area is 159 Å². The molecule has 3 aromatic rings. The lowest BCUT2D eigenvalue weighted by Gasteiger charge is -2.32. The van der Waals surface area contributed by atoms with E-state index in [2.05, 4.69) is 37.3 Å². The van der Waals surface area contributed by atoms with E-state index in [0.717, 1.165) is 53.5 Å². The van der Waals surface area contributed by atoms with E-state index in [0.29, 0.717) is 6.04 Å². The number of aromatic amines is 1. The minimum atomic E-state index is -0.251. The van der Waals surface area contributed by atoms with Crippen molar-refractivity contribution >= 4 is 16.7 Å². The van der Waals surface area contributed by atoms with Gasteiger partial charge in [-0.15, -0.1) is 0 Å². The number of piperazine rings is 1. The molecule has 1 unspecified atom stereocenters. The van der Waals surface area contributed by atoms with E-state index < -0.39 is 0 Å². The molecule has 7 heteroatoms. The van der Waals surface area contributed by atoms with E-state index in [1.807, 2.05) is 45.0 Å². The normalized spacial score (nSPS) is 18.1. The second kappa shape index (κ2) is 6.81. The monoisotopic (exact) mass is 366 g/mol. The summed E-state index contributed by atoms with van der Waals surface area (Å²) in [5.41, 5.74) is 2.34. The second-order valence-corrected chi connectivity index (χ2v) is 8.06. The number of rotatable bonds is 3. The fraction of sp³-hybridized carbons (Fsp3) is 0.450. The van der Waals surface area contributed by atoms with Crippen LogP contribution in [0.3, 0.4) is 0 Å². The van der Waals surface area contributed by atoms with Gasteiger partial charge in [0.25, 0.3) is 0 Å². The van der Waals surface area contributed by atoms with Crippen LogP contribution in [0.5, 0.6) is 5.75 Å². The van der Waals surface area contributed by atoms with Crippen molar-refractivity contribution in [2.24, 2.45) is 0 Å². The van der Waals surface area contributed by atoms with Crippen LogP contribution >= 0.6 is 0 Å². The van der Waals surface area contributed by atoms with Gasteiger partial charge in [0.1, 0.15) is 29.2 Å². The van der Waals surface area contributed by atoms with Crippen molar-refractivity contribution < 1.29 is 4.74 Å². The molecule has 1 aliphatic rings. The van der Waals surface area contributed by atoms with Gasteiger partial charge in [-0.25, -0.2) is 9.97 Å². The van der Waals surface area contributed by atoms with E-state index in [9.17, 15) is 0 Å². The van der Waals surface area contributed by atoms with E-state index in [-0.39, 0.29) is 5.60 Å².